The Morgan fingerprint density at radius 2 is 1.04 bits per heavy atom. The molecule has 2 saturated heterocycles. The second-order valence-corrected chi connectivity index (χ2v) is 22.6. The van der Waals surface area contributed by atoms with E-state index in [0.717, 1.165) is 42.5 Å². The lowest BCUT2D eigenvalue weighted by Gasteiger charge is -2.35. The number of anilines is 2. The number of hydrogen-bond acceptors (Lipinski definition) is 13. The van der Waals surface area contributed by atoms with E-state index in [4.69, 9.17) is 14.2 Å². The van der Waals surface area contributed by atoms with E-state index < -0.39 is 37.6 Å². The van der Waals surface area contributed by atoms with Gasteiger partial charge in [0.1, 0.15) is 11.2 Å². The van der Waals surface area contributed by atoms with Gasteiger partial charge in [0.2, 0.25) is 10.0 Å². The maximum atomic E-state index is 13.5. The van der Waals surface area contributed by atoms with Crippen molar-refractivity contribution in [2.24, 2.45) is 0 Å². The number of carbonyl (C=O) groups excluding carboxylic acids is 4. The van der Waals surface area contributed by atoms with Gasteiger partial charge in [0.15, 0.2) is 6.54 Å². The van der Waals surface area contributed by atoms with Crippen molar-refractivity contribution < 1.29 is 55.0 Å². The molecule has 2 aliphatic rings. The SMILES string of the molecule is C=CS(=O)(=O)N(Cc1ccc(C(=O)OC)cc1)c1ccccc1.CC(C)(C)OC(=O)N1C[CH+]CCC1.COC(=O)c1ccc(CN(c2ccccc2)S(=O)(=O)CCN2CCN(C(=O)OC(C)(C)C)CC2)cc1. The number of methoxy groups -OCH3 is 2. The van der Waals surface area contributed by atoms with Gasteiger partial charge in [-0.05, 0) is 101 Å². The van der Waals surface area contributed by atoms with E-state index in [1.54, 1.807) is 107 Å². The molecule has 2 amide bonds. The minimum Gasteiger partial charge on any atom is -0.465 e. The highest BCUT2D eigenvalue weighted by Gasteiger charge is 2.29. The summed E-state index contributed by atoms with van der Waals surface area (Å²) < 4.78 is 74.2. The molecule has 0 unspecified atom stereocenters. The smallest absolute Gasteiger partial charge is 0.413 e. The van der Waals surface area contributed by atoms with Gasteiger partial charge < -0.3 is 23.8 Å². The van der Waals surface area contributed by atoms with Gasteiger partial charge in [-0.25, -0.2) is 36.0 Å². The average Bonchev–Trinajstić information content (AvgIpc) is 3.36. The molecule has 4 aromatic carbocycles. The van der Waals surface area contributed by atoms with Crippen LogP contribution in [0.1, 0.15) is 86.2 Å². The summed E-state index contributed by atoms with van der Waals surface area (Å²) in [5.74, 6) is -0.940. The number of sulfonamides is 2. The molecule has 0 aromatic heterocycles. The van der Waals surface area contributed by atoms with E-state index in [1.807, 2.05) is 58.6 Å². The molecule has 19 heteroatoms. The normalized spacial score (nSPS) is 14.1. The Morgan fingerprint density at radius 3 is 1.44 bits per heavy atom. The van der Waals surface area contributed by atoms with Gasteiger partial charge in [-0.3, -0.25) is 18.4 Å². The standard InChI is InChI=1S/C26H35N3O6S.C17H17NO4S.C10H18NO2/c1-26(2,3)35-25(31)28-16-14-27(15-17-28)18-19-36(32,33)29(23-8-6-5-7-9-23)20-21-10-12-22(13-11-21)24(30)34-4;1-3-23(20,21)18(16-7-5-4-6-8-16)13-14-9-11-15(12-10-14)17(19)22-2;1-10(2,3)13-9(12)11-7-5-4-6-8-11/h5-13H,14-20H2,1-4H3;3-12H,1,13H2,2H3;5H,4,6-8H2,1-3H3/q;;+1. The van der Waals surface area contributed by atoms with Crippen molar-refractivity contribution in [3.63, 3.8) is 0 Å². The Labute approximate surface area is 426 Å². The molecule has 2 heterocycles. The topological polar surface area (TPSA) is 190 Å². The number of para-hydroxylation sites is 2. The highest BCUT2D eigenvalue weighted by atomic mass is 32.2. The number of amides is 2. The summed E-state index contributed by atoms with van der Waals surface area (Å²) in [4.78, 5) is 52.4. The first kappa shape index (κ1) is 58.0. The fourth-order valence-corrected chi connectivity index (χ4v) is 9.53. The zero-order chi connectivity index (χ0) is 53.1. The molecule has 2 fully saturated rings. The van der Waals surface area contributed by atoms with Crippen LogP contribution < -0.4 is 8.61 Å². The number of likely N-dealkylation sites (tertiary alicyclic amines) is 1. The molecule has 0 radical (unpaired) electrons. The maximum absolute atomic E-state index is 13.5. The van der Waals surface area contributed by atoms with Crippen LogP contribution in [0.5, 0.6) is 0 Å². The predicted molar refractivity (Wildman–Crippen MR) is 279 cm³/mol. The van der Waals surface area contributed by atoms with Gasteiger partial charge in [-0.1, -0.05) is 67.2 Å². The van der Waals surface area contributed by atoms with Crippen LogP contribution in [0.25, 0.3) is 0 Å². The van der Waals surface area contributed by atoms with E-state index in [0.29, 0.717) is 55.2 Å². The molecule has 72 heavy (non-hydrogen) atoms. The third-order valence-corrected chi connectivity index (χ3v) is 14.0. The summed E-state index contributed by atoms with van der Waals surface area (Å²) in [6.45, 7) is 18.9. The van der Waals surface area contributed by atoms with Crippen molar-refractivity contribution in [1.29, 1.82) is 0 Å². The average molecular weight is 1030 g/mol. The first-order valence-corrected chi connectivity index (χ1v) is 26.7. The number of carbonyl (C=O) groups is 4. The molecule has 2 aliphatic heterocycles. The first-order chi connectivity index (χ1) is 33.9. The van der Waals surface area contributed by atoms with Crippen LogP contribution in [0, 0.1) is 6.42 Å². The summed E-state index contributed by atoms with van der Waals surface area (Å²) in [6.07, 6.45) is 3.75. The second kappa shape index (κ2) is 26.8. The Kier molecular flexibility index (Phi) is 21.6. The highest BCUT2D eigenvalue weighted by Crippen LogP contribution is 2.24. The molecule has 4 aromatic rings. The van der Waals surface area contributed by atoms with Gasteiger partial charge in [0.05, 0.1) is 68.4 Å². The van der Waals surface area contributed by atoms with Crippen molar-refractivity contribution >= 4 is 55.5 Å². The fraction of sp³-hybridized carbons (Fsp3) is 0.415. The third-order valence-electron chi connectivity index (χ3n) is 10.9. The van der Waals surface area contributed by atoms with Crippen LogP contribution in [0.4, 0.5) is 21.0 Å². The molecular weight excluding hydrogens is 963 g/mol. The molecule has 0 N–H and O–H groups in total. The van der Waals surface area contributed by atoms with Gasteiger partial charge in [0, 0.05) is 51.1 Å². The number of piperidine rings is 1. The Morgan fingerprint density at radius 1 is 0.611 bits per heavy atom. The van der Waals surface area contributed by atoms with Crippen LogP contribution >= 0.6 is 0 Å². The number of piperazine rings is 1. The number of ether oxygens (including phenoxy) is 4. The van der Waals surface area contributed by atoms with Crippen LogP contribution in [0.2, 0.25) is 0 Å². The summed E-state index contributed by atoms with van der Waals surface area (Å²) in [6, 6.07) is 31.0. The van der Waals surface area contributed by atoms with Crippen molar-refractivity contribution in [2.75, 3.05) is 74.4 Å². The van der Waals surface area contributed by atoms with Crippen LogP contribution in [-0.2, 0) is 52.1 Å². The van der Waals surface area contributed by atoms with E-state index in [1.165, 1.54) is 22.8 Å². The molecule has 0 aliphatic carbocycles. The molecule has 0 saturated carbocycles. The Balaban J connectivity index is 0.000000265. The lowest BCUT2D eigenvalue weighted by molar-refractivity contribution is 0.0148. The first-order valence-electron chi connectivity index (χ1n) is 23.6. The predicted octanol–water partition coefficient (Wildman–Crippen LogP) is 8.54. The molecule has 390 valence electrons. The monoisotopic (exact) mass is 1030 g/mol. The number of benzene rings is 4. The Bertz CT molecular complexity index is 2590. The Hall–Kier alpha value is -6.57. The van der Waals surface area contributed by atoms with Gasteiger partial charge in [-0.15, -0.1) is 0 Å². The number of hydrogen-bond donors (Lipinski definition) is 0. The summed E-state index contributed by atoms with van der Waals surface area (Å²) in [5, 5.41) is 0.919. The third kappa shape index (κ3) is 18.9. The molecule has 0 bridgehead atoms. The van der Waals surface area contributed by atoms with Crippen molar-refractivity contribution in [3.8, 4) is 0 Å². The second-order valence-electron chi connectivity index (χ2n) is 18.8. The van der Waals surface area contributed by atoms with E-state index >= 15 is 0 Å². The lowest BCUT2D eigenvalue weighted by atomic mass is 10.1. The summed E-state index contributed by atoms with van der Waals surface area (Å²) in [7, 11) is -4.67. The van der Waals surface area contributed by atoms with Crippen molar-refractivity contribution in [1.82, 2.24) is 14.7 Å². The van der Waals surface area contributed by atoms with Crippen LogP contribution in [0.15, 0.2) is 121 Å². The summed E-state index contributed by atoms with van der Waals surface area (Å²) >= 11 is 0. The zero-order valence-electron chi connectivity index (χ0n) is 42.7. The molecular formula is C53H70N5O12S2+. The molecule has 0 spiro atoms. The molecule has 0 atom stereocenters. The largest absolute Gasteiger partial charge is 0.465 e. The number of esters is 2. The number of rotatable bonds is 14. The zero-order valence-corrected chi connectivity index (χ0v) is 44.3. The van der Waals surface area contributed by atoms with E-state index in [-0.39, 0.29) is 36.6 Å². The van der Waals surface area contributed by atoms with Crippen LogP contribution in [-0.4, -0.2) is 133 Å². The lowest BCUT2D eigenvalue weighted by Crippen LogP contribution is -2.51. The molecule has 6 rings (SSSR count). The maximum Gasteiger partial charge on any atom is 0.413 e. The number of nitrogens with zero attached hydrogens (tertiary/aromatic N) is 5. The fourth-order valence-electron chi connectivity index (χ4n) is 7.11. The minimum absolute atomic E-state index is 0.0609. The van der Waals surface area contributed by atoms with Crippen LogP contribution in [0.3, 0.4) is 0 Å². The minimum atomic E-state index is -3.66. The van der Waals surface area contributed by atoms with Crippen molar-refractivity contribution in [2.45, 2.75) is 78.7 Å². The van der Waals surface area contributed by atoms with Crippen molar-refractivity contribution in [3.05, 3.63) is 150 Å². The van der Waals surface area contributed by atoms with Gasteiger partial charge in [0.25, 0.3) is 10.0 Å². The quantitative estimate of drug-likeness (QED) is 0.0664. The van der Waals surface area contributed by atoms with Gasteiger partial charge >= 0.3 is 24.1 Å². The van der Waals surface area contributed by atoms with E-state index in [9.17, 15) is 36.0 Å². The highest BCUT2D eigenvalue weighted by molar-refractivity contribution is 7.95. The summed E-state index contributed by atoms with van der Waals surface area (Å²) in [5.41, 5.74) is 2.49. The molecule has 17 nitrogen and oxygen atoms in total. The van der Waals surface area contributed by atoms with Gasteiger partial charge in [-0.2, -0.15) is 0 Å². The van der Waals surface area contributed by atoms with E-state index in [2.05, 4.69) is 17.7 Å².